The minimum Gasteiger partial charge on any atom is -0.481 e. The largest absolute Gasteiger partial charge is 0.481 e. The van der Waals surface area contributed by atoms with Crippen molar-refractivity contribution in [1.82, 2.24) is 10.6 Å². The Bertz CT molecular complexity index is 466. The molecule has 1 aromatic rings. The molecule has 0 aliphatic heterocycles. The molecule has 0 radical (unpaired) electrons. The fourth-order valence-corrected chi connectivity index (χ4v) is 1.68. The van der Waals surface area contributed by atoms with Gasteiger partial charge in [0.1, 0.15) is 5.75 Å². The van der Waals surface area contributed by atoms with Crippen LogP contribution in [-0.2, 0) is 11.3 Å². The number of terminal acetylenes is 1. The predicted octanol–water partition coefficient (Wildman–Crippen LogP) is 1.70. The van der Waals surface area contributed by atoms with Gasteiger partial charge in [0, 0.05) is 6.54 Å². The highest BCUT2D eigenvalue weighted by Gasteiger charge is 2.13. The Labute approximate surface area is 120 Å². The van der Waals surface area contributed by atoms with E-state index in [-0.39, 0.29) is 12.5 Å². The van der Waals surface area contributed by atoms with Crippen LogP contribution in [-0.4, -0.2) is 25.1 Å². The highest BCUT2D eigenvalue weighted by molar-refractivity contribution is 5.80. The van der Waals surface area contributed by atoms with Crippen molar-refractivity contribution in [3.05, 3.63) is 29.8 Å². The van der Waals surface area contributed by atoms with Gasteiger partial charge >= 0.3 is 0 Å². The first-order chi connectivity index (χ1) is 9.67. The summed E-state index contributed by atoms with van der Waals surface area (Å²) in [6, 6.07) is 7.73. The summed E-state index contributed by atoms with van der Waals surface area (Å²) in [5, 5.41) is 5.92. The summed E-state index contributed by atoms with van der Waals surface area (Å²) >= 11 is 0. The van der Waals surface area contributed by atoms with E-state index in [1.807, 2.05) is 24.3 Å². The number of ether oxygens (including phenoxy) is 1. The number of carbonyl (C=O) groups is 1. The zero-order chi connectivity index (χ0) is 14.8. The van der Waals surface area contributed by atoms with E-state index in [0.717, 1.165) is 25.1 Å². The zero-order valence-electron chi connectivity index (χ0n) is 12.1. The molecule has 20 heavy (non-hydrogen) atoms. The van der Waals surface area contributed by atoms with Crippen LogP contribution in [0.1, 0.15) is 25.8 Å². The second-order valence-corrected chi connectivity index (χ2v) is 4.51. The van der Waals surface area contributed by atoms with Crippen molar-refractivity contribution in [3.8, 4) is 18.1 Å². The average Bonchev–Trinajstić information content (AvgIpc) is 2.45. The maximum atomic E-state index is 11.7. The Kier molecular flexibility index (Phi) is 7.23. The van der Waals surface area contributed by atoms with Crippen LogP contribution >= 0.6 is 0 Å². The number of nitrogens with one attached hydrogen (secondary N) is 2. The van der Waals surface area contributed by atoms with E-state index >= 15 is 0 Å². The summed E-state index contributed by atoms with van der Waals surface area (Å²) in [5.41, 5.74) is 1.13. The lowest BCUT2D eigenvalue weighted by Crippen LogP contribution is -2.36. The molecule has 1 aromatic carbocycles. The average molecular weight is 274 g/mol. The molecule has 0 saturated heterocycles. The molecule has 0 aliphatic rings. The summed E-state index contributed by atoms with van der Waals surface area (Å²) in [4.78, 5) is 11.7. The normalized spacial score (nSPS) is 11.4. The van der Waals surface area contributed by atoms with Gasteiger partial charge in [0.2, 0.25) is 0 Å². The molecule has 0 bridgehead atoms. The lowest BCUT2D eigenvalue weighted by atomic mass is 10.2. The van der Waals surface area contributed by atoms with Gasteiger partial charge in [-0.2, -0.15) is 0 Å². The van der Waals surface area contributed by atoms with Gasteiger partial charge in [0.25, 0.3) is 5.91 Å². The highest BCUT2D eigenvalue weighted by atomic mass is 16.5. The van der Waals surface area contributed by atoms with Crippen molar-refractivity contribution in [3.63, 3.8) is 0 Å². The Morgan fingerprint density at radius 3 is 3.00 bits per heavy atom. The van der Waals surface area contributed by atoms with Crippen molar-refractivity contribution in [2.24, 2.45) is 0 Å². The van der Waals surface area contributed by atoms with Gasteiger partial charge in [-0.25, -0.2) is 0 Å². The van der Waals surface area contributed by atoms with Crippen molar-refractivity contribution in [1.29, 1.82) is 0 Å². The number of hydrogen-bond donors (Lipinski definition) is 2. The maximum Gasteiger partial charge on any atom is 0.261 e. The second kappa shape index (κ2) is 9.00. The first-order valence-electron chi connectivity index (χ1n) is 6.84. The van der Waals surface area contributed by atoms with Crippen molar-refractivity contribution < 1.29 is 9.53 Å². The summed E-state index contributed by atoms with van der Waals surface area (Å²) in [6.07, 6.45) is 5.63. The number of hydrogen-bond acceptors (Lipinski definition) is 3. The molecule has 1 rings (SSSR count). The van der Waals surface area contributed by atoms with E-state index in [0.29, 0.717) is 5.75 Å². The van der Waals surface area contributed by atoms with Gasteiger partial charge in [-0.15, -0.1) is 6.42 Å². The number of benzene rings is 1. The van der Waals surface area contributed by atoms with Crippen LogP contribution in [0.25, 0.3) is 0 Å². The van der Waals surface area contributed by atoms with Crippen molar-refractivity contribution in [2.45, 2.75) is 32.9 Å². The van der Waals surface area contributed by atoms with Crippen molar-refractivity contribution >= 4 is 5.91 Å². The zero-order valence-corrected chi connectivity index (χ0v) is 12.1. The van der Waals surface area contributed by atoms with Crippen molar-refractivity contribution in [2.75, 3.05) is 13.1 Å². The van der Waals surface area contributed by atoms with Crippen LogP contribution in [0, 0.1) is 12.3 Å². The predicted molar refractivity (Wildman–Crippen MR) is 80.4 cm³/mol. The standard InChI is InChI=1S/C16H22N2O2/c1-4-9-17-12-14-7-6-8-15(11-14)20-13(3)16(19)18-10-5-2/h2,6-8,11,13,17H,4,9-10,12H2,1,3H3,(H,18,19). The number of rotatable bonds is 8. The molecular formula is C16H22N2O2. The molecule has 0 saturated carbocycles. The molecule has 108 valence electrons. The van der Waals surface area contributed by atoms with Crippen LogP contribution in [0.3, 0.4) is 0 Å². The summed E-state index contributed by atoms with van der Waals surface area (Å²) in [5.74, 6) is 2.83. The Morgan fingerprint density at radius 1 is 1.50 bits per heavy atom. The molecule has 4 heteroatoms. The van der Waals surface area contributed by atoms with Crippen LogP contribution in [0.2, 0.25) is 0 Å². The van der Waals surface area contributed by atoms with Gasteiger partial charge in [-0.3, -0.25) is 4.79 Å². The molecule has 0 aromatic heterocycles. The second-order valence-electron chi connectivity index (χ2n) is 4.51. The quantitative estimate of drug-likeness (QED) is 0.560. The minimum absolute atomic E-state index is 0.211. The summed E-state index contributed by atoms with van der Waals surface area (Å²) < 4.78 is 5.61. The fourth-order valence-electron chi connectivity index (χ4n) is 1.68. The topological polar surface area (TPSA) is 50.4 Å². The van der Waals surface area contributed by atoms with Crippen LogP contribution in [0.5, 0.6) is 5.75 Å². The lowest BCUT2D eigenvalue weighted by Gasteiger charge is -2.14. The highest BCUT2D eigenvalue weighted by Crippen LogP contribution is 2.15. The van der Waals surface area contributed by atoms with Gasteiger partial charge in [-0.05, 0) is 37.6 Å². The third kappa shape index (κ3) is 5.77. The first-order valence-corrected chi connectivity index (χ1v) is 6.84. The van der Waals surface area contributed by atoms with E-state index in [1.54, 1.807) is 6.92 Å². The maximum absolute atomic E-state index is 11.7. The SMILES string of the molecule is C#CCNC(=O)C(C)Oc1cccc(CNCCC)c1. The fraction of sp³-hybridized carbons (Fsp3) is 0.438. The smallest absolute Gasteiger partial charge is 0.261 e. The molecule has 0 fully saturated rings. The Hall–Kier alpha value is -1.99. The molecule has 1 unspecified atom stereocenters. The van der Waals surface area contributed by atoms with E-state index in [2.05, 4.69) is 23.5 Å². The van der Waals surface area contributed by atoms with Gasteiger partial charge < -0.3 is 15.4 Å². The Balaban J connectivity index is 2.52. The molecule has 0 spiro atoms. The van der Waals surface area contributed by atoms with Crippen LogP contribution in [0.4, 0.5) is 0 Å². The number of carbonyl (C=O) groups excluding carboxylic acids is 1. The van der Waals surface area contributed by atoms with E-state index in [9.17, 15) is 4.79 Å². The Morgan fingerprint density at radius 2 is 2.30 bits per heavy atom. The van der Waals surface area contributed by atoms with Crippen LogP contribution in [0.15, 0.2) is 24.3 Å². The first kappa shape index (κ1) is 16.1. The minimum atomic E-state index is -0.567. The van der Waals surface area contributed by atoms with Gasteiger partial charge in [0.05, 0.1) is 6.54 Å². The van der Waals surface area contributed by atoms with Crippen LogP contribution < -0.4 is 15.4 Å². The summed E-state index contributed by atoms with van der Waals surface area (Å²) in [6.45, 7) is 5.82. The van der Waals surface area contributed by atoms with E-state index < -0.39 is 6.10 Å². The third-order valence-corrected chi connectivity index (χ3v) is 2.70. The molecule has 0 aliphatic carbocycles. The third-order valence-electron chi connectivity index (χ3n) is 2.70. The van der Waals surface area contributed by atoms with E-state index in [1.165, 1.54) is 0 Å². The van der Waals surface area contributed by atoms with E-state index in [4.69, 9.17) is 11.2 Å². The molecule has 0 heterocycles. The molecule has 2 N–H and O–H groups in total. The lowest BCUT2D eigenvalue weighted by molar-refractivity contribution is -0.126. The molecular weight excluding hydrogens is 252 g/mol. The van der Waals surface area contributed by atoms with Gasteiger partial charge in [-0.1, -0.05) is 25.0 Å². The van der Waals surface area contributed by atoms with Gasteiger partial charge in [0.15, 0.2) is 6.10 Å². The summed E-state index contributed by atoms with van der Waals surface area (Å²) in [7, 11) is 0. The molecule has 1 atom stereocenters. The molecule has 4 nitrogen and oxygen atoms in total. The monoisotopic (exact) mass is 274 g/mol. The molecule has 1 amide bonds. The number of amides is 1.